The fraction of sp³-hybridized carbons (Fsp3) is 0.600. The van der Waals surface area contributed by atoms with E-state index in [9.17, 15) is 0 Å². The molecule has 1 aromatic rings. The van der Waals surface area contributed by atoms with Gasteiger partial charge in [-0.2, -0.15) is 0 Å². The average Bonchev–Trinajstić information content (AvgIpc) is 2.28. The van der Waals surface area contributed by atoms with Crippen molar-refractivity contribution in [2.75, 3.05) is 13.7 Å². The van der Waals surface area contributed by atoms with Crippen LogP contribution in [-0.2, 0) is 0 Å². The van der Waals surface area contributed by atoms with E-state index in [1.807, 2.05) is 12.1 Å². The van der Waals surface area contributed by atoms with Crippen LogP contribution in [0.1, 0.15) is 45.7 Å². The van der Waals surface area contributed by atoms with Crippen molar-refractivity contribution in [3.8, 4) is 5.75 Å². The second-order valence-electron chi connectivity index (χ2n) is 5.50. The SMILES string of the molecule is CCCNC(c1ccccc1OC)C(C)(C)C. The van der Waals surface area contributed by atoms with Crippen molar-refractivity contribution in [3.05, 3.63) is 29.8 Å². The normalized spacial score (nSPS) is 13.5. The van der Waals surface area contributed by atoms with Gasteiger partial charge in [-0.05, 0) is 24.4 Å². The minimum absolute atomic E-state index is 0.170. The Morgan fingerprint density at radius 3 is 2.41 bits per heavy atom. The first-order chi connectivity index (χ1) is 8.00. The molecule has 17 heavy (non-hydrogen) atoms. The molecule has 0 amide bonds. The summed E-state index contributed by atoms with van der Waals surface area (Å²) in [6.07, 6.45) is 1.14. The van der Waals surface area contributed by atoms with Gasteiger partial charge in [-0.15, -0.1) is 0 Å². The Balaban J connectivity index is 3.03. The van der Waals surface area contributed by atoms with Gasteiger partial charge in [-0.3, -0.25) is 0 Å². The maximum atomic E-state index is 5.46. The molecular formula is C15H25NO. The zero-order valence-electron chi connectivity index (χ0n) is 11.7. The highest BCUT2D eigenvalue weighted by Gasteiger charge is 2.27. The van der Waals surface area contributed by atoms with Crippen molar-refractivity contribution in [2.24, 2.45) is 5.41 Å². The summed E-state index contributed by atoms with van der Waals surface area (Å²) < 4.78 is 5.46. The molecule has 0 saturated carbocycles. The van der Waals surface area contributed by atoms with Crippen LogP contribution in [-0.4, -0.2) is 13.7 Å². The van der Waals surface area contributed by atoms with E-state index < -0.39 is 0 Å². The molecule has 0 aromatic heterocycles. The van der Waals surface area contributed by atoms with Crippen LogP contribution in [0.5, 0.6) is 5.75 Å². The second kappa shape index (κ2) is 6.06. The molecule has 2 nitrogen and oxygen atoms in total. The summed E-state index contributed by atoms with van der Waals surface area (Å²) in [5.74, 6) is 0.969. The first kappa shape index (κ1) is 14.0. The summed E-state index contributed by atoms with van der Waals surface area (Å²) in [6.45, 7) is 9.99. The van der Waals surface area contributed by atoms with Gasteiger partial charge in [-0.25, -0.2) is 0 Å². The van der Waals surface area contributed by atoms with Gasteiger partial charge in [0, 0.05) is 11.6 Å². The fourth-order valence-electron chi connectivity index (χ4n) is 2.08. The van der Waals surface area contributed by atoms with E-state index in [0.29, 0.717) is 6.04 Å². The van der Waals surface area contributed by atoms with Crippen molar-refractivity contribution in [1.82, 2.24) is 5.32 Å². The van der Waals surface area contributed by atoms with Crippen LogP contribution in [0.25, 0.3) is 0 Å². The zero-order chi connectivity index (χ0) is 12.9. The van der Waals surface area contributed by atoms with Crippen LogP contribution in [0.2, 0.25) is 0 Å². The number of hydrogen-bond donors (Lipinski definition) is 1. The fourth-order valence-corrected chi connectivity index (χ4v) is 2.08. The average molecular weight is 235 g/mol. The van der Waals surface area contributed by atoms with Gasteiger partial charge in [0.15, 0.2) is 0 Å². The highest BCUT2D eigenvalue weighted by Crippen LogP contribution is 2.37. The van der Waals surface area contributed by atoms with Crippen molar-refractivity contribution >= 4 is 0 Å². The molecular weight excluding hydrogens is 210 g/mol. The topological polar surface area (TPSA) is 21.3 Å². The molecule has 0 fully saturated rings. The Kier molecular flexibility index (Phi) is 5.01. The molecule has 1 aromatic carbocycles. The van der Waals surface area contributed by atoms with E-state index >= 15 is 0 Å². The predicted octanol–water partition coefficient (Wildman–Crippen LogP) is 3.78. The molecule has 1 atom stereocenters. The molecule has 0 saturated heterocycles. The summed E-state index contributed by atoms with van der Waals surface area (Å²) in [4.78, 5) is 0. The Bertz CT molecular complexity index is 341. The largest absolute Gasteiger partial charge is 0.496 e. The molecule has 0 aliphatic rings. The number of hydrogen-bond acceptors (Lipinski definition) is 2. The summed E-state index contributed by atoms with van der Waals surface area (Å²) in [5, 5.41) is 3.62. The highest BCUT2D eigenvalue weighted by atomic mass is 16.5. The Morgan fingerprint density at radius 2 is 1.88 bits per heavy atom. The standard InChI is InChI=1S/C15H25NO/c1-6-11-16-14(15(2,3)4)12-9-7-8-10-13(12)17-5/h7-10,14,16H,6,11H2,1-5H3. The number of para-hydroxylation sites is 1. The lowest BCUT2D eigenvalue weighted by Gasteiger charge is -2.33. The van der Waals surface area contributed by atoms with Gasteiger partial charge >= 0.3 is 0 Å². The third-order valence-electron chi connectivity index (χ3n) is 2.91. The molecule has 0 aliphatic heterocycles. The Labute approximate surface area is 105 Å². The smallest absolute Gasteiger partial charge is 0.123 e. The van der Waals surface area contributed by atoms with Gasteiger partial charge in [0.2, 0.25) is 0 Å². The lowest BCUT2D eigenvalue weighted by Crippen LogP contribution is -2.33. The summed E-state index contributed by atoms with van der Waals surface area (Å²) >= 11 is 0. The van der Waals surface area contributed by atoms with Crippen LogP contribution in [0.4, 0.5) is 0 Å². The zero-order valence-corrected chi connectivity index (χ0v) is 11.7. The quantitative estimate of drug-likeness (QED) is 0.838. The van der Waals surface area contributed by atoms with E-state index in [0.717, 1.165) is 18.7 Å². The Hall–Kier alpha value is -1.02. The molecule has 1 unspecified atom stereocenters. The van der Waals surface area contributed by atoms with E-state index in [4.69, 9.17) is 4.74 Å². The van der Waals surface area contributed by atoms with E-state index in [-0.39, 0.29) is 5.41 Å². The molecule has 2 heteroatoms. The molecule has 96 valence electrons. The van der Waals surface area contributed by atoms with Gasteiger partial charge in [-0.1, -0.05) is 45.9 Å². The lowest BCUT2D eigenvalue weighted by atomic mass is 9.82. The molecule has 0 bridgehead atoms. The van der Waals surface area contributed by atoms with E-state index in [1.165, 1.54) is 5.56 Å². The van der Waals surface area contributed by atoms with Gasteiger partial charge in [0.25, 0.3) is 0 Å². The van der Waals surface area contributed by atoms with Crippen molar-refractivity contribution in [1.29, 1.82) is 0 Å². The lowest BCUT2D eigenvalue weighted by molar-refractivity contribution is 0.265. The first-order valence-electron chi connectivity index (χ1n) is 6.37. The number of nitrogens with one attached hydrogen (secondary N) is 1. The summed E-state index contributed by atoms with van der Waals surface area (Å²) in [7, 11) is 1.73. The third kappa shape index (κ3) is 3.74. The van der Waals surface area contributed by atoms with Crippen LogP contribution < -0.4 is 10.1 Å². The van der Waals surface area contributed by atoms with Crippen molar-refractivity contribution < 1.29 is 4.74 Å². The first-order valence-corrected chi connectivity index (χ1v) is 6.37. The number of benzene rings is 1. The minimum Gasteiger partial charge on any atom is -0.496 e. The minimum atomic E-state index is 0.170. The molecule has 0 heterocycles. The number of methoxy groups -OCH3 is 1. The number of ether oxygens (including phenoxy) is 1. The van der Waals surface area contributed by atoms with Crippen LogP contribution in [0, 0.1) is 5.41 Å². The van der Waals surface area contributed by atoms with Gasteiger partial charge < -0.3 is 10.1 Å². The molecule has 0 aliphatic carbocycles. The highest BCUT2D eigenvalue weighted by molar-refractivity contribution is 5.36. The molecule has 1 rings (SSSR count). The second-order valence-corrected chi connectivity index (χ2v) is 5.50. The van der Waals surface area contributed by atoms with Crippen molar-refractivity contribution in [2.45, 2.75) is 40.2 Å². The summed E-state index contributed by atoms with van der Waals surface area (Å²) in [6, 6.07) is 8.59. The van der Waals surface area contributed by atoms with Crippen LogP contribution in [0.3, 0.4) is 0 Å². The number of rotatable bonds is 5. The summed E-state index contributed by atoms with van der Waals surface area (Å²) in [5.41, 5.74) is 1.42. The van der Waals surface area contributed by atoms with Crippen molar-refractivity contribution in [3.63, 3.8) is 0 Å². The predicted molar refractivity (Wildman–Crippen MR) is 73.5 cm³/mol. The maximum Gasteiger partial charge on any atom is 0.123 e. The molecule has 1 N–H and O–H groups in total. The molecule has 0 radical (unpaired) electrons. The van der Waals surface area contributed by atoms with E-state index in [1.54, 1.807) is 7.11 Å². The Morgan fingerprint density at radius 1 is 1.24 bits per heavy atom. The van der Waals surface area contributed by atoms with Gasteiger partial charge in [0.05, 0.1) is 7.11 Å². The van der Waals surface area contributed by atoms with Crippen LogP contribution >= 0.6 is 0 Å². The van der Waals surface area contributed by atoms with Crippen LogP contribution in [0.15, 0.2) is 24.3 Å². The third-order valence-corrected chi connectivity index (χ3v) is 2.91. The maximum absolute atomic E-state index is 5.46. The monoisotopic (exact) mass is 235 g/mol. The van der Waals surface area contributed by atoms with E-state index in [2.05, 4.69) is 45.1 Å². The van der Waals surface area contributed by atoms with Gasteiger partial charge in [0.1, 0.15) is 5.75 Å². The molecule has 0 spiro atoms.